The Morgan fingerprint density at radius 3 is 2.32 bits per heavy atom. The predicted molar refractivity (Wildman–Crippen MR) is 62.6 cm³/mol. The molecule has 0 aliphatic heterocycles. The van der Waals surface area contributed by atoms with Crippen LogP contribution in [-0.2, 0) is 14.3 Å². The molecule has 1 fully saturated rings. The first-order chi connectivity index (χ1) is 8.85. The second-order valence-electron chi connectivity index (χ2n) is 4.81. The van der Waals surface area contributed by atoms with Crippen LogP contribution in [-0.4, -0.2) is 45.1 Å². The Hall–Kier alpha value is -0.820. The number of ether oxygens (including phenoxy) is 2. The lowest BCUT2D eigenvalue weighted by atomic mass is 9.76. The number of halogens is 3. The summed E-state index contributed by atoms with van der Waals surface area (Å²) in [5.41, 5.74) is -1.00. The van der Waals surface area contributed by atoms with E-state index in [4.69, 9.17) is 9.47 Å². The minimum Gasteiger partial charge on any atom is -0.468 e. The van der Waals surface area contributed by atoms with E-state index in [1.807, 2.05) is 0 Å². The average molecular weight is 283 g/mol. The van der Waals surface area contributed by atoms with E-state index in [0.29, 0.717) is 13.2 Å². The first-order valence-corrected chi connectivity index (χ1v) is 6.25. The van der Waals surface area contributed by atoms with Gasteiger partial charge in [-0.05, 0) is 25.7 Å². The Bertz CT molecular complexity index is 299. The highest BCUT2D eigenvalue weighted by Gasteiger charge is 2.49. The number of rotatable bonds is 5. The Kier molecular flexibility index (Phi) is 5.61. The molecule has 0 aromatic heterocycles. The van der Waals surface area contributed by atoms with Gasteiger partial charge in [-0.15, -0.1) is 0 Å². The van der Waals surface area contributed by atoms with Crippen LogP contribution in [0.4, 0.5) is 13.2 Å². The van der Waals surface area contributed by atoms with Crippen molar-refractivity contribution in [2.45, 2.75) is 37.4 Å². The fourth-order valence-electron chi connectivity index (χ4n) is 2.48. The molecule has 0 unspecified atom stereocenters. The molecule has 0 aromatic carbocycles. The zero-order valence-corrected chi connectivity index (χ0v) is 11.2. The first kappa shape index (κ1) is 16.2. The van der Waals surface area contributed by atoms with E-state index in [1.54, 1.807) is 0 Å². The van der Waals surface area contributed by atoms with Crippen LogP contribution in [0.5, 0.6) is 0 Å². The molecule has 1 aliphatic carbocycles. The van der Waals surface area contributed by atoms with Gasteiger partial charge in [-0.3, -0.25) is 10.1 Å². The van der Waals surface area contributed by atoms with Crippen molar-refractivity contribution in [3.8, 4) is 0 Å². The fourth-order valence-corrected chi connectivity index (χ4v) is 2.48. The van der Waals surface area contributed by atoms with Crippen LogP contribution < -0.4 is 5.32 Å². The van der Waals surface area contributed by atoms with Crippen LogP contribution in [0.1, 0.15) is 25.7 Å². The molecule has 1 N–H and O–H groups in total. The molecular weight excluding hydrogens is 263 g/mol. The number of hydrogen-bond donors (Lipinski definition) is 1. The summed E-state index contributed by atoms with van der Waals surface area (Å²) in [6.07, 6.45) is -4.03. The Labute approximate surface area is 110 Å². The number of nitrogens with one attached hydrogen (secondary N) is 1. The topological polar surface area (TPSA) is 47.6 Å². The molecule has 4 nitrogen and oxygen atoms in total. The van der Waals surface area contributed by atoms with Gasteiger partial charge in [0.1, 0.15) is 5.54 Å². The number of carbonyl (C=O) groups excluding carboxylic acids is 1. The van der Waals surface area contributed by atoms with Crippen LogP contribution in [0.25, 0.3) is 0 Å². The Balaban J connectivity index is 2.66. The van der Waals surface area contributed by atoms with Crippen molar-refractivity contribution in [1.82, 2.24) is 5.32 Å². The third-order valence-electron chi connectivity index (χ3n) is 3.65. The largest absolute Gasteiger partial charge is 0.468 e. The maximum atomic E-state index is 12.6. The summed E-state index contributed by atoms with van der Waals surface area (Å²) in [7, 11) is 2.77. The molecular formula is C12H20F3NO3. The van der Waals surface area contributed by atoms with Crippen molar-refractivity contribution in [3.63, 3.8) is 0 Å². The average Bonchev–Trinajstić information content (AvgIpc) is 2.37. The zero-order valence-electron chi connectivity index (χ0n) is 11.2. The standard InChI is InChI=1S/C12H20F3NO3/c1-18-8-7-16-11(10(17)19-2)5-3-9(4-6-11)12(13,14)15/h9,16H,3-8H2,1-2H3. The third-order valence-corrected chi connectivity index (χ3v) is 3.65. The van der Waals surface area contributed by atoms with Crippen LogP contribution in [0.2, 0.25) is 0 Å². The predicted octanol–water partition coefficient (Wildman–Crippen LogP) is 1.89. The maximum absolute atomic E-state index is 12.6. The van der Waals surface area contributed by atoms with Gasteiger partial charge in [0.05, 0.1) is 19.6 Å². The van der Waals surface area contributed by atoms with Gasteiger partial charge in [0.15, 0.2) is 0 Å². The molecule has 7 heteroatoms. The summed E-state index contributed by atoms with van der Waals surface area (Å²) in [6, 6.07) is 0. The quantitative estimate of drug-likeness (QED) is 0.618. The molecule has 19 heavy (non-hydrogen) atoms. The van der Waals surface area contributed by atoms with Crippen molar-refractivity contribution >= 4 is 5.97 Å². The Morgan fingerprint density at radius 2 is 1.89 bits per heavy atom. The smallest absolute Gasteiger partial charge is 0.391 e. The van der Waals surface area contributed by atoms with Gasteiger partial charge in [0.25, 0.3) is 0 Å². The molecule has 0 amide bonds. The summed E-state index contributed by atoms with van der Waals surface area (Å²) in [5, 5.41) is 2.99. The third kappa shape index (κ3) is 4.07. The second kappa shape index (κ2) is 6.56. The summed E-state index contributed by atoms with van der Waals surface area (Å²) < 4.78 is 47.5. The summed E-state index contributed by atoms with van der Waals surface area (Å²) in [4.78, 5) is 11.8. The van der Waals surface area contributed by atoms with Gasteiger partial charge in [-0.1, -0.05) is 0 Å². The zero-order chi connectivity index (χ0) is 14.5. The molecule has 1 rings (SSSR count). The Morgan fingerprint density at radius 1 is 1.32 bits per heavy atom. The van der Waals surface area contributed by atoms with Gasteiger partial charge in [0.2, 0.25) is 0 Å². The molecule has 0 saturated heterocycles. The van der Waals surface area contributed by atoms with Crippen LogP contribution in [0.15, 0.2) is 0 Å². The summed E-state index contributed by atoms with van der Waals surface area (Å²) in [5.74, 6) is -1.82. The van der Waals surface area contributed by atoms with E-state index in [0.717, 1.165) is 0 Å². The normalized spacial score (nSPS) is 28.2. The molecule has 0 spiro atoms. The minimum atomic E-state index is -4.19. The van der Waals surface area contributed by atoms with Crippen molar-refractivity contribution < 1.29 is 27.4 Å². The SMILES string of the molecule is COCCNC1(C(=O)OC)CCC(C(F)(F)F)CC1. The summed E-state index contributed by atoms with van der Waals surface area (Å²) >= 11 is 0. The van der Waals surface area contributed by atoms with E-state index < -0.39 is 23.6 Å². The van der Waals surface area contributed by atoms with Crippen molar-refractivity contribution in [2.75, 3.05) is 27.4 Å². The van der Waals surface area contributed by atoms with Gasteiger partial charge in [0, 0.05) is 13.7 Å². The van der Waals surface area contributed by atoms with Gasteiger partial charge >= 0.3 is 12.1 Å². The highest BCUT2D eigenvalue weighted by molar-refractivity contribution is 5.80. The number of hydrogen-bond acceptors (Lipinski definition) is 4. The first-order valence-electron chi connectivity index (χ1n) is 6.25. The lowest BCUT2D eigenvalue weighted by molar-refractivity contribution is -0.188. The minimum absolute atomic E-state index is 0.0570. The molecule has 0 atom stereocenters. The van der Waals surface area contributed by atoms with E-state index in [-0.39, 0.29) is 25.7 Å². The molecule has 0 heterocycles. The van der Waals surface area contributed by atoms with Crippen molar-refractivity contribution in [3.05, 3.63) is 0 Å². The summed E-state index contributed by atoms with van der Waals surface area (Å²) in [6.45, 7) is 0.795. The number of alkyl halides is 3. The molecule has 1 aliphatic rings. The molecule has 0 bridgehead atoms. The van der Waals surface area contributed by atoms with Gasteiger partial charge < -0.3 is 9.47 Å². The number of methoxy groups -OCH3 is 2. The lowest BCUT2D eigenvalue weighted by Gasteiger charge is -2.39. The van der Waals surface area contributed by atoms with Crippen molar-refractivity contribution in [2.24, 2.45) is 5.92 Å². The molecule has 112 valence electrons. The van der Waals surface area contributed by atoms with E-state index >= 15 is 0 Å². The van der Waals surface area contributed by atoms with Gasteiger partial charge in [-0.25, -0.2) is 0 Å². The van der Waals surface area contributed by atoms with Crippen LogP contribution in [0.3, 0.4) is 0 Å². The number of esters is 1. The highest BCUT2D eigenvalue weighted by Crippen LogP contribution is 2.41. The van der Waals surface area contributed by atoms with Crippen molar-refractivity contribution in [1.29, 1.82) is 0 Å². The van der Waals surface area contributed by atoms with E-state index in [1.165, 1.54) is 14.2 Å². The second-order valence-corrected chi connectivity index (χ2v) is 4.81. The fraction of sp³-hybridized carbons (Fsp3) is 0.917. The number of carbonyl (C=O) groups is 1. The molecule has 0 aromatic rings. The van der Waals surface area contributed by atoms with Crippen LogP contribution in [0, 0.1) is 5.92 Å². The lowest BCUT2D eigenvalue weighted by Crippen LogP contribution is -2.56. The van der Waals surface area contributed by atoms with E-state index in [2.05, 4.69) is 5.32 Å². The monoisotopic (exact) mass is 283 g/mol. The maximum Gasteiger partial charge on any atom is 0.391 e. The van der Waals surface area contributed by atoms with Gasteiger partial charge in [-0.2, -0.15) is 13.2 Å². The molecule has 1 saturated carbocycles. The molecule has 0 radical (unpaired) electrons. The highest BCUT2D eigenvalue weighted by atomic mass is 19.4. The van der Waals surface area contributed by atoms with E-state index in [9.17, 15) is 18.0 Å². The van der Waals surface area contributed by atoms with Crippen LogP contribution >= 0.6 is 0 Å².